The first-order chi connectivity index (χ1) is 17.1. The van der Waals surface area contributed by atoms with E-state index in [1.807, 2.05) is 12.1 Å². The van der Waals surface area contributed by atoms with Gasteiger partial charge in [-0.2, -0.15) is 18.3 Å². The molecule has 1 atom stereocenters. The number of rotatable bonds is 5. The van der Waals surface area contributed by atoms with Gasteiger partial charge in [-0.3, -0.25) is 14.5 Å². The minimum atomic E-state index is -4.65. The van der Waals surface area contributed by atoms with Gasteiger partial charge in [0.15, 0.2) is 0 Å². The Hall–Kier alpha value is -4.22. The number of hydrogen-bond acceptors (Lipinski definition) is 5. The number of halogens is 3. The zero-order valence-electron chi connectivity index (χ0n) is 19.1. The van der Waals surface area contributed by atoms with Gasteiger partial charge in [-0.25, -0.2) is 14.5 Å². The Balaban J connectivity index is 1.38. The maximum Gasteiger partial charge on any atom is 0.416 e. The lowest BCUT2D eigenvalue weighted by Gasteiger charge is -2.23. The van der Waals surface area contributed by atoms with Crippen LogP contribution in [0, 0.1) is 0 Å². The molecule has 0 radical (unpaired) electrons. The monoisotopic (exact) mass is 498 g/mol. The third kappa shape index (κ3) is 4.08. The van der Waals surface area contributed by atoms with Gasteiger partial charge in [-0.05, 0) is 61.1 Å². The largest absolute Gasteiger partial charge is 0.416 e. The predicted molar refractivity (Wildman–Crippen MR) is 121 cm³/mol. The van der Waals surface area contributed by atoms with Gasteiger partial charge in [0.1, 0.15) is 24.7 Å². The number of fused-ring (bicyclic) bond motifs is 1. The normalized spacial score (nSPS) is 19.4. The summed E-state index contributed by atoms with van der Waals surface area (Å²) in [5, 5.41) is 8.93. The van der Waals surface area contributed by atoms with Crippen LogP contribution in [0.2, 0.25) is 0 Å². The molecule has 9 nitrogen and oxygen atoms in total. The van der Waals surface area contributed by atoms with Crippen molar-refractivity contribution in [2.45, 2.75) is 37.9 Å². The van der Waals surface area contributed by atoms with Crippen molar-refractivity contribution in [1.82, 2.24) is 25.0 Å². The lowest BCUT2D eigenvalue weighted by Crippen LogP contribution is -2.42. The van der Waals surface area contributed by atoms with Gasteiger partial charge >= 0.3 is 12.2 Å². The molecule has 2 aromatic carbocycles. The van der Waals surface area contributed by atoms with Crippen molar-refractivity contribution in [3.63, 3.8) is 0 Å². The molecule has 5 rings (SSSR count). The molecule has 2 N–H and O–H groups in total. The van der Waals surface area contributed by atoms with E-state index in [1.54, 1.807) is 13.0 Å². The first-order valence-corrected chi connectivity index (χ1v) is 11.2. The van der Waals surface area contributed by atoms with Gasteiger partial charge in [0.25, 0.3) is 5.91 Å². The van der Waals surface area contributed by atoms with E-state index in [1.165, 1.54) is 22.9 Å². The maximum absolute atomic E-state index is 13.3. The van der Waals surface area contributed by atoms with Gasteiger partial charge in [0.05, 0.1) is 16.9 Å². The van der Waals surface area contributed by atoms with Crippen molar-refractivity contribution >= 4 is 23.5 Å². The Bertz CT molecular complexity index is 1370. The van der Waals surface area contributed by atoms with Gasteiger partial charge in [-0.1, -0.05) is 18.2 Å². The molecule has 1 aliphatic carbocycles. The summed E-state index contributed by atoms with van der Waals surface area (Å²) >= 11 is 0. The highest BCUT2D eigenvalue weighted by Gasteiger charge is 2.49. The van der Waals surface area contributed by atoms with E-state index < -0.39 is 41.7 Å². The Labute approximate surface area is 203 Å². The van der Waals surface area contributed by atoms with Crippen molar-refractivity contribution in [3.05, 3.63) is 71.3 Å². The first-order valence-electron chi connectivity index (χ1n) is 11.2. The molecule has 0 bridgehead atoms. The van der Waals surface area contributed by atoms with E-state index in [0.717, 1.165) is 47.9 Å². The molecule has 186 valence electrons. The zero-order chi connectivity index (χ0) is 25.7. The third-order valence-corrected chi connectivity index (χ3v) is 6.52. The average Bonchev–Trinajstić information content (AvgIpc) is 3.56. The number of anilines is 1. The quantitative estimate of drug-likeness (QED) is 0.526. The molecular weight excluding hydrogens is 477 g/mol. The van der Waals surface area contributed by atoms with Gasteiger partial charge in [-0.15, -0.1) is 0 Å². The van der Waals surface area contributed by atoms with Crippen LogP contribution >= 0.6 is 0 Å². The molecule has 4 amide bonds. The summed E-state index contributed by atoms with van der Waals surface area (Å²) in [7, 11) is 0. The molecule has 2 heterocycles. The topological polar surface area (TPSA) is 109 Å². The number of carbonyl (C=O) groups excluding carboxylic acids is 3. The molecular formula is C24H21F3N6O3. The first kappa shape index (κ1) is 23.5. The van der Waals surface area contributed by atoms with Crippen molar-refractivity contribution < 1.29 is 27.6 Å². The highest BCUT2D eigenvalue weighted by molar-refractivity contribution is 6.10. The number of nitrogens with zero attached hydrogens (tertiary/aromatic N) is 4. The number of alkyl halides is 3. The van der Waals surface area contributed by atoms with Crippen LogP contribution in [-0.4, -0.2) is 44.1 Å². The molecule has 1 aliphatic heterocycles. The molecule has 1 saturated heterocycles. The lowest BCUT2D eigenvalue weighted by molar-refractivity contribution is -0.137. The summed E-state index contributed by atoms with van der Waals surface area (Å²) in [6, 6.07) is 7.62. The minimum absolute atomic E-state index is 0.133. The number of urea groups is 1. The number of amides is 4. The summed E-state index contributed by atoms with van der Waals surface area (Å²) < 4.78 is 41.0. The van der Waals surface area contributed by atoms with Crippen molar-refractivity contribution in [2.24, 2.45) is 0 Å². The number of benzene rings is 2. The molecule has 3 aromatic rings. The maximum atomic E-state index is 13.3. The van der Waals surface area contributed by atoms with Crippen LogP contribution in [0.1, 0.15) is 35.6 Å². The molecule has 36 heavy (non-hydrogen) atoms. The van der Waals surface area contributed by atoms with Crippen LogP contribution in [0.3, 0.4) is 0 Å². The third-order valence-electron chi connectivity index (χ3n) is 6.52. The van der Waals surface area contributed by atoms with Crippen LogP contribution < -0.4 is 10.6 Å². The number of imide groups is 1. The van der Waals surface area contributed by atoms with Crippen molar-refractivity contribution in [3.8, 4) is 5.69 Å². The van der Waals surface area contributed by atoms with Crippen LogP contribution in [0.5, 0.6) is 0 Å². The van der Waals surface area contributed by atoms with Crippen LogP contribution in [0.4, 0.5) is 23.7 Å². The predicted octanol–water partition coefficient (Wildman–Crippen LogP) is 3.18. The fraction of sp³-hybridized carbons (Fsp3) is 0.292. The summed E-state index contributed by atoms with van der Waals surface area (Å²) in [4.78, 5) is 43.3. The van der Waals surface area contributed by atoms with Crippen LogP contribution in [0.15, 0.2) is 49.1 Å². The van der Waals surface area contributed by atoms with Crippen LogP contribution in [-0.2, 0) is 34.1 Å². The minimum Gasteiger partial charge on any atom is -0.323 e. The van der Waals surface area contributed by atoms with E-state index in [4.69, 9.17) is 0 Å². The second kappa shape index (κ2) is 8.47. The van der Waals surface area contributed by atoms with Gasteiger partial charge < -0.3 is 10.6 Å². The second-order valence-electron chi connectivity index (χ2n) is 8.90. The number of aromatic nitrogens is 3. The Morgan fingerprint density at radius 3 is 2.64 bits per heavy atom. The number of nitrogens with one attached hydrogen (secondary N) is 2. The molecule has 0 saturated carbocycles. The number of carbonyl (C=O) groups is 3. The number of aryl methyl sites for hydroxylation is 2. The molecule has 1 aromatic heterocycles. The highest BCUT2D eigenvalue weighted by Crippen LogP contribution is 2.34. The summed E-state index contributed by atoms with van der Waals surface area (Å²) in [5.41, 5.74) is 0.521. The van der Waals surface area contributed by atoms with Crippen LogP contribution in [0.25, 0.3) is 5.69 Å². The summed E-state index contributed by atoms with van der Waals surface area (Å²) in [5.74, 6) is -1.47. The van der Waals surface area contributed by atoms with Crippen molar-refractivity contribution in [1.29, 1.82) is 0 Å². The Kier molecular flexibility index (Phi) is 5.53. The smallest absolute Gasteiger partial charge is 0.323 e. The standard InChI is InChI=1S/C24H21F3N6O3/c1-23(16-6-5-14-3-2-4-15(14)9-16)21(35)32(22(36)31-23)11-20(34)30-18-10-17(24(25,26)27)7-8-19(18)33-13-28-12-29-33/h5-10,12-13H,2-4,11H2,1H3,(H,30,34)(H,31,36)/t23-/m1/s1. The molecule has 12 heteroatoms. The second-order valence-corrected chi connectivity index (χ2v) is 8.90. The highest BCUT2D eigenvalue weighted by atomic mass is 19.4. The zero-order valence-corrected chi connectivity index (χ0v) is 19.1. The Morgan fingerprint density at radius 2 is 1.92 bits per heavy atom. The van der Waals surface area contributed by atoms with E-state index in [0.29, 0.717) is 5.56 Å². The fourth-order valence-electron chi connectivity index (χ4n) is 4.60. The van der Waals surface area contributed by atoms with E-state index >= 15 is 0 Å². The number of hydrogen-bond donors (Lipinski definition) is 2. The van der Waals surface area contributed by atoms with E-state index in [-0.39, 0.29) is 11.4 Å². The lowest BCUT2D eigenvalue weighted by atomic mass is 9.89. The average molecular weight is 498 g/mol. The summed E-state index contributed by atoms with van der Waals surface area (Å²) in [6.45, 7) is 0.885. The molecule has 2 aliphatic rings. The fourth-order valence-corrected chi connectivity index (χ4v) is 4.60. The SMILES string of the molecule is C[C@]1(c2ccc3c(c2)CCC3)NC(=O)N(CC(=O)Nc2cc(C(F)(F)F)ccc2-n2cncn2)C1=O. The van der Waals surface area contributed by atoms with Gasteiger partial charge in [0, 0.05) is 0 Å². The molecule has 0 unspecified atom stereocenters. The van der Waals surface area contributed by atoms with Crippen molar-refractivity contribution in [2.75, 3.05) is 11.9 Å². The van der Waals surface area contributed by atoms with E-state index in [9.17, 15) is 27.6 Å². The Morgan fingerprint density at radius 1 is 1.14 bits per heavy atom. The summed E-state index contributed by atoms with van der Waals surface area (Å²) in [6.07, 6.45) is 0.675. The van der Waals surface area contributed by atoms with Gasteiger partial charge in [0.2, 0.25) is 5.91 Å². The molecule has 1 fully saturated rings. The molecule has 0 spiro atoms. The van der Waals surface area contributed by atoms with E-state index in [2.05, 4.69) is 20.7 Å².